The maximum Gasteiger partial charge on any atom is 0.153 e. The third kappa shape index (κ3) is 2.91. The quantitative estimate of drug-likeness (QED) is 0.545. The standard InChI is InChI=1S/C15H14N8O/c1-11(9-22-10-18-20-21-22)24-12-4-5-16-14(8-12)13-2-3-15-17-6-7-23(15)19-13/h2-8,10-11H,9H2,1H3/t11-/m0/s1. The highest BCUT2D eigenvalue weighted by Crippen LogP contribution is 2.21. The Balaban J connectivity index is 1.54. The lowest BCUT2D eigenvalue weighted by Gasteiger charge is -2.14. The summed E-state index contributed by atoms with van der Waals surface area (Å²) in [6.45, 7) is 2.52. The van der Waals surface area contributed by atoms with Crippen molar-refractivity contribution in [2.45, 2.75) is 19.6 Å². The summed E-state index contributed by atoms with van der Waals surface area (Å²) in [6.07, 6.45) is 6.68. The van der Waals surface area contributed by atoms with Crippen LogP contribution in [0.15, 0.2) is 49.2 Å². The Morgan fingerprint density at radius 1 is 1.12 bits per heavy atom. The molecule has 0 aliphatic carbocycles. The van der Waals surface area contributed by atoms with Gasteiger partial charge in [-0.15, -0.1) is 5.10 Å². The average molecular weight is 322 g/mol. The Morgan fingerprint density at radius 2 is 2.08 bits per heavy atom. The van der Waals surface area contributed by atoms with Crippen LogP contribution in [0.1, 0.15) is 6.92 Å². The minimum Gasteiger partial charge on any atom is -0.489 e. The van der Waals surface area contributed by atoms with Crippen molar-refractivity contribution in [3.63, 3.8) is 0 Å². The molecule has 0 radical (unpaired) electrons. The van der Waals surface area contributed by atoms with Crippen molar-refractivity contribution in [3.8, 4) is 17.1 Å². The van der Waals surface area contributed by atoms with Gasteiger partial charge in [0, 0.05) is 24.7 Å². The second-order valence-electron chi connectivity index (χ2n) is 5.29. The number of nitrogens with zero attached hydrogens (tertiary/aromatic N) is 8. The molecule has 0 amide bonds. The summed E-state index contributed by atoms with van der Waals surface area (Å²) in [4.78, 5) is 8.55. The van der Waals surface area contributed by atoms with Crippen LogP contribution in [0.4, 0.5) is 0 Å². The van der Waals surface area contributed by atoms with E-state index in [1.54, 1.807) is 34.1 Å². The van der Waals surface area contributed by atoms with Crippen LogP contribution in [-0.2, 0) is 6.54 Å². The number of tetrazole rings is 1. The molecule has 4 rings (SSSR count). The summed E-state index contributed by atoms with van der Waals surface area (Å²) in [5.41, 5.74) is 2.28. The Labute approximate surface area is 136 Å². The van der Waals surface area contributed by atoms with E-state index in [1.165, 1.54) is 0 Å². The molecule has 0 bridgehead atoms. The number of hydrogen-bond acceptors (Lipinski definition) is 7. The van der Waals surface area contributed by atoms with Gasteiger partial charge in [0.2, 0.25) is 0 Å². The molecule has 0 saturated carbocycles. The highest BCUT2D eigenvalue weighted by Gasteiger charge is 2.09. The fraction of sp³-hybridized carbons (Fsp3) is 0.200. The number of aromatic nitrogens is 8. The van der Waals surface area contributed by atoms with Crippen molar-refractivity contribution in [2.24, 2.45) is 0 Å². The number of ether oxygens (including phenoxy) is 1. The summed E-state index contributed by atoms with van der Waals surface area (Å²) in [6, 6.07) is 7.47. The first-order valence-corrected chi connectivity index (χ1v) is 7.42. The molecule has 0 saturated heterocycles. The molecular weight excluding hydrogens is 308 g/mol. The molecule has 9 heteroatoms. The first kappa shape index (κ1) is 14.2. The van der Waals surface area contributed by atoms with Crippen LogP contribution in [0.5, 0.6) is 5.75 Å². The minimum atomic E-state index is -0.0900. The van der Waals surface area contributed by atoms with Gasteiger partial charge in [-0.2, -0.15) is 5.10 Å². The number of hydrogen-bond donors (Lipinski definition) is 0. The van der Waals surface area contributed by atoms with Gasteiger partial charge in [-0.3, -0.25) is 4.98 Å². The largest absolute Gasteiger partial charge is 0.489 e. The predicted octanol–water partition coefficient (Wildman–Crippen LogP) is 1.25. The second kappa shape index (κ2) is 6.03. The number of imidazole rings is 1. The Kier molecular flexibility index (Phi) is 3.58. The molecule has 120 valence electrons. The molecule has 1 atom stereocenters. The van der Waals surface area contributed by atoms with Crippen molar-refractivity contribution in [1.29, 1.82) is 0 Å². The van der Waals surface area contributed by atoms with Crippen LogP contribution in [0, 0.1) is 0 Å². The summed E-state index contributed by atoms with van der Waals surface area (Å²) < 4.78 is 9.26. The van der Waals surface area contributed by atoms with Crippen molar-refractivity contribution in [2.75, 3.05) is 0 Å². The van der Waals surface area contributed by atoms with Crippen LogP contribution in [0.3, 0.4) is 0 Å². The van der Waals surface area contributed by atoms with Gasteiger partial charge >= 0.3 is 0 Å². The fourth-order valence-electron chi connectivity index (χ4n) is 2.37. The monoisotopic (exact) mass is 322 g/mol. The Hall–Kier alpha value is -3.36. The smallest absolute Gasteiger partial charge is 0.153 e. The van der Waals surface area contributed by atoms with Crippen molar-refractivity contribution < 1.29 is 4.74 Å². The Bertz CT molecular complexity index is 949. The van der Waals surface area contributed by atoms with Crippen molar-refractivity contribution >= 4 is 5.65 Å². The van der Waals surface area contributed by atoms with E-state index in [4.69, 9.17) is 4.74 Å². The lowest BCUT2D eigenvalue weighted by Crippen LogP contribution is -2.20. The van der Waals surface area contributed by atoms with Gasteiger partial charge in [0.15, 0.2) is 5.65 Å². The molecule has 4 aromatic heterocycles. The van der Waals surface area contributed by atoms with Crippen LogP contribution in [-0.4, -0.2) is 45.9 Å². The minimum absolute atomic E-state index is 0.0900. The zero-order valence-corrected chi connectivity index (χ0v) is 12.9. The third-order valence-corrected chi connectivity index (χ3v) is 3.42. The van der Waals surface area contributed by atoms with E-state index >= 15 is 0 Å². The summed E-state index contributed by atoms with van der Waals surface area (Å²) in [5.74, 6) is 0.716. The van der Waals surface area contributed by atoms with Gasteiger partial charge < -0.3 is 4.74 Å². The molecule has 0 aliphatic rings. The van der Waals surface area contributed by atoms with Gasteiger partial charge in [0.05, 0.1) is 12.2 Å². The van der Waals surface area contributed by atoms with Crippen molar-refractivity contribution in [1.82, 2.24) is 39.8 Å². The summed E-state index contributed by atoms with van der Waals surface area (Å²) in [7, 11) is 0. The van der Waals surface area contributed by atoms with Crippen LogP contribution >= 0.6 is 0 Å². The molecule has 0 aromatic carbocycles. The maximum atomic E-state index is 5.92. The first-order valence-electron chi connectivity index (χ1n) is 7.42. The number of rotatable bonds is 5. The number of fused-ring (bicyclic) bond motifs is 1. The van der Waals surface area contributed by atoms with Crippen LogP contribution in [0.25, 0.3) is 17.0 Å². The first-order chi connectivity index (χ1) is 11.8. The molecule has 4 aromatic rings. The van der Waals surface area contributed by atoms with Gasteiger partial charge in [-0.05, 0) is 35.5 Å². The fourth-order valence-corrected chi connectivity index (χ4v) is 2.37. The van der Waals surface area contributed by atoms with Crippen molar-refractivity contribution in [3.05, 3.63) is 49.2 Å². The predicted molar refractivity (Wildman–Crippen MR) is 84.1 cm³/mol. The zero-order chi connectivity index (χ0) is 16.4. The molecule has 9 nitrogen and oxygen atoms in total. The van der Waals surface area contributed by atoms with E-state index in [1.807, 2.05) is 31.2 Å². The van der Waals surface area contributed by atoms with E-state index in [0.717, 1.165) is 17.0 Å². The summed E-state index contributed by atoms with van der Waals surface area (Å²) in [5, 5.41) is 15.5. The van der Waals surface area contributed by atoms with Crippen LogP contribution in [0.2, 0.25) is 0 Å². The lowest BCUT2D eigenvalue weighted by molar-refractivity contribution is 0.193. The van der Waals surface area contributed by atoms with Crippen LogP contribution < -0.4 is 4.74 Å². The van der Waals surface area contributed by atoms with Gasteiger partial charge in [-0.25, -0.2) is 14.2 Å². The zero-order valence-electron chi connectivity index (χ0n) is 12.9. The number of pyridine rings is 1. The molecular formula is C15H14N8O. The molecule has 24 heavy (non-hydrogen) atoms. The van der Waals surface area contributed by atoms with Gasteiger partial charge in [0.25, 0.3) is 0 Å². The summed E-state index contributed by atoms with van der Waals surface area (Å²) >= 11 is 0. The van der Waals surface area contributed by atoms with E-state index in [2.05, 4.69) is 30.6 Å². The molecule has 0 unspecified atom stereocenters. The molecule has 4 heterocycles. The Morgan fingerprint density at radius 3 is 2.96 bits per heavy atom. The topological polar surface area (TPSA) is 95.9 Å². The second-order valence-corrected chi connectivity index (χ2v) is 5.29. The highest BCUT2D eigenvalue weighted by molar-refractivity contribution is 5.57. The van der Waals surface area contributed by atoms with Gasteiger partial charge in [-0.1, -0.05) is 0 Å². The van der Waals surface area contributed by atoms with E-state index in [-0.39, 0.29) is 6.10 Å². The van der Waals surface area contributed by atoms with E-state index < -0.39 is 0 Å². The molecule has 0 fully saturated rings. The van der Waals surface area contributed by atoms with Gasteiger partial charge in [0.1, 0.15) is 23.9 Å². The lowest BCUT2D eigenvalue weighted by atomic mass is 10.2. The molecule has 0 N–H and O–H groups in total. The SMILES string of the molecule is C[C@@H](Cn1cnnn1)Oc1ccnc(-c2ccc3nccn3n2)c1. The third-order valence-electron chi connectivity index (χ3n) is 3.42. The molecule has 0 spiro atoms. The highest BCUT2D eigenvalue weighted by atomic mass is 16.5. The molecule has 0 aliphatic heterocycles. The van der Waals surface area contributed by atoms with E-state index in [9.17, 15) is 0 Å². The maximum absolute atomic E-state index is 5.92. The van der Waals surface area contributed by atoms with E-state index in [0.29, 0.717) is 12.3 Å². The average Bonchev–Trinajstić information content (AvgIpc) is 3.25. The normalized spacial score (nSPS) is 12.4.